The minimum atomic E-state index is 0. The quantitative estimate of drug-likeness (QED) is 0.525. The van der Waals surface area contributed by atoms with E-state index in [1.807, 2.05) is 0 Å². The first-order valence-electron chi connectivity index (χ1n) is 4.83. The Labute approximate surface area is 119 Å². The molecule has 0 radical (unpaired) electrons. The SMILES string of the molecule is CCC1=[C]([Zr+2])CC=C1C1=CC=CC1.[Cl-].[Cl-]. The predicted octanol–water partition coefficient (Wildman–Crippen LogP) is -2.58. The van der Waals surface area contributed by atoms with Crippen molar-refractivity contribution in [2.75, 3.05) is 0 Å². The second-order valence-corrected chi connectivity index (χ2v) is 4.94. The van der Waals surface area contributed by atoms with E-state index in [1.54, 1.807) is 39.1 Å². The van der Waals surface area contributed by atoms with Gasteiger partial charge in [-0.15, -0.1) is 0 Å². The second-order valence-electron chi connectivity index (χ2n) is 3.46. The summed E-state index contributed by atoms with van der Waals surface area (Å²) in [5.74, 6) is 0. The van der Waals surface area contributed by atoms with Gasteiger partial charge in [0.1, 0.15) is 0 Å². The van der Waals surface area contributed by atoms with Gasteiger partial charge in [0.2, 0.25) is 0 Å². The van der Waals surface area contributed by atoms with Crippen molar-refractivity contribution in [2.45, 2.75) is 26.2 Å². The minimum absolute atomic E-state index is 0. The maximum Gasteiger partial charge on any atom is -1.00 e. The summed E-state index contributed by atoms with van der Waals surface area (Å²) in [5.41, 5.74) is 4.68. The van der Waals surface area contributed by atoms with Gasteiger partial charge in [-0.1, -0.05) is 0 Å². The molecule has 0 nitrogen and oxygen atoms in total. The van der Waals surface area contributed by atoms with E-state index in [2.05, 4.69) is 31.2 Å². The molecule has 0 saturated heterocycles. The van der Waals surface area contributed by atoms with E-state index in [4.69, 9.17) is 0 Å². The van der Waals surface area contributed by atoms with Gasteiger partial charge < -0.3 is 24.8 Å². The van der Waals surface area contributed by atoms with E-state index in [0.29, 0.717) is 0 Å². The molecule has 2 aliphatic rings. The van der Waals surface area contributed by atoms with Crippen molar-refractivity contribution in [2.24, 2.45) is 0 Å². The molecule has 2 aliphatic carbocycles. The number of halogens is 2. The fraction of sp³-hybridized carbons (Fsp3) is 0.333. The molecule has 3 heteroatoms. The van der Waals surface area contributed by atoms with Crippen LogP contribution in [0.3, 0.4) is 0 Å². The summed E-state index contributed by atoms with van der Waals surface area (Å²) < 4.78 is 1.65. The van der Waals surface area contributed by atoms with Gasteiger partial charge in [-0.25, -0.2) is 0 Å². The Morgan fingerprint density at radius 1 is 1.27 bits per heavy atom. The van der Waals surface area contributed by atoms with Gasteiger partial charge in [-0.2, -0.15) is 0 Å². The van der Waals surface area contributed by atoms with Gasteiger partial charge in [0, 0.05) is 0 Å². The molecule has 0 bridgehead atoms. The van der Waals surface area contributed by atoms with E-state index in [0.717, 1.165) is 6.42 Å². The molecule has 2 rings (SSSR count). The Morgan fingerprint density at radius 2 is 2.00 bits per heavy atom. The second kappa shape index (κ2) is 6.89. The zero-order valence-electron chi connectivity index (χ0n) is 8.69. The summed E-state index contributed by atoms with van der Waals surface area (Å²) in [5, 5.41) is 0. The van der Waals surface area contributed by atoms with Crippen LogP contribution in [0.25, 0.3) is 0 Å². The molecule has 0 fully saturated rings. The van der Waals surface area contributed by atoms with Crippen molar-refractivity contribution in [1.82, 2.24) is 0 Å². The van der Waals surface area contributed by atoms with E-state index < -0.39 is 0 Å². The third-order valence-corrected chi connectivity index (χ3v) is 3.91. The van der Waals surface area contributed by atoms with Gasteiger partial charge in [0.05, 0.1) is 0 Å². The molecule has 79 valence electrons. The number of allylic oxidation sites excluding steroid dienone is 8. The topological polar surface area (TPSA) is 0 Å². The van der Waals surface area contributed by atoms with Crippen molar-refractivity contribution in [3.8, 4) is 0 Å². The van der Waals surface area contributed by atoms with Crippen LogP contribution in [-0.4, -0.2) is 0 Å². The first-order chi connectivity index (χ1) is 6.33. The van der Waals surface area contributed by atoms with Crippen LogP contribution in [0, 0.1) is 0 Å². The maximum absolute atomic E-state index is 2.40. The molecular weight excluding hydrogens is 306 g/mol. The maximum atomic E-state index is 2.40. The third kappa shape index (κ3) is 3.19. The molecule has 0 unspecified atom stereocenters. The number of rotatable bonds is 2. The summed E-state index contributed by atoms with van der Waals surface area (Å²) in [6.45, 7) is 2.27. The van der Waals surface area contributed by atoms with Crippen LogP contribution in [0.2, 0.25) is 0 Å². The molecule has 0 N–H and O–H groups in total. The third-order valence-electron chi connectivity index (χ3n) is 2.67. The molecule has 0 aromatic rings. The zero-order valence-corrected chi connectivity index (χ0v) is 12.7. The van der Waals surface area contributed by atoms with Gasteiger partial charge in [0.15, 0.2) is 0 Å². The van der Waals surface area contributed by atoms with E-state index in [-0.39, 0.29) is 24.8 Å². The van der Waals surface area contributed by atoms with Crippen molar-refractivity contribution >= 4 is 0 Å². The summed E-state index contributed by atoms with van der Waals surface area (Å²) in [7, 11) is 0. The van der Waals surface area contributed by atoms with Crippen LogP contribution >= 0.6 is 0 Å². The van der Waals surface area contributed by atoms with Crippen molar-refractivity contribution < 1.29 is 49.5 Å². The van der Waals surface area contributed by atoms with Crippen LogP contribution in [0.4, 0.5) is 0 Å². The Kier molecular flexibility index (Phi) is 7.08. The Balaban J connectivity index is 0.000000980. The summed E-state index contributed by atoms with van der Waals surface area (Å²) in [4.78, 5) is 0. The van der Waals surface area contributed by atoms with Crippen LogP contribution < -0.4 is 24.8 Å². The largest absolute Gasteiger partial charge is 1.00 e. The molecule has 0 aliphatic heterocycles. The average Bonchev–Trinajstić information content (AvgIpc) is 2.71. The van der Waals surface area contributed by atoms with Gasteiger partial charge >= 0.3 is 95.2 Å². The minimum Gasteiger partial charge on any atom is -1.00 e. The van der Waals surface area contributed by atoms with Gasteiger partial charge in [0.25, 0.3) is 0 Å². The predicted molar refractivity (Wildman–Crippen MR) is 51.9 cm³/mol. The summed E-state index contributed by atoms with van der Waals surface area (Å²) >= 11 is 1.59. The van der Waals surface area contributed by atoms with E-state index >= 15 is 0 Å². The average molecular weight is 319 g/mol. The van der Waals surface area contributed by atoms with Crippen LogP contribution in [0.5, 0.6) is 0 Å². The monoisotopic (exact) mass is 317 g/mol. The van der Waals surface area contributed by atoms with Crippen LogP contribution in [0.1, 0.15) is 26.2 Å². The fourth-order valence-corrected chi connectivity index (χ4v) is 3.01. The van der Waals surface area contributed by atoms with E-state index in [1.165, 1.54) is 18.4 Å². The van der Waals surface area contributed by atoms with Crippen molar-refractivity contribution in [3.05, 3.63) is 44.3 Å². The van der Waals surface area contributed by atoms with Crippen molar-refractivity contribution in [3.63, 3.8) is 0 Å². The Hall–Kier alpha value is 0.423. The molecular formula is C12H13Cl2Zr. The molecule has 15 heavy (non-hydrogen) atoms. The normalized spacial score (nSPS) is 18.3. The Bertz CT molecular complexity index is 349. The number of hydrogen-bond donors (Lipinski definition) is 0. The zero-order chi connectivity index (χ0) is 9.26. The van der Waals surface area contributed by atoms with Crippen molar-refractivity contribution in [1.29, 1.82) is 0 Å². The summed E-state index contributed by atoms with van der Waals surface area (Å²) in [6.07, 6.45) is 12.6. The van der Waals surface area contributed by atoms with Gasteiger partial charge in [-0.3, -0.25) is 0 Å². The first-order valence-corrected chi connectivity index (χ1v) is 6.06. The molecule has 0 saturated carbocycles. The molecule has 0 heterocycles. The molecule has 0 spiro atoms. The fourth-order valence-electron chi connectivity index (χ4n) is 1.99. The Morgan fingerprint density at radius 3 is 2.53 bits per heavy atom. The van der Waals surface area contributed by atoms with Gasteiger partial charge in [-0.05, 0) is 0 Å². The van der Waals surface area contributed by atoms with Crippen LogP contribution in [0.15, 0.2) is 44.3 Å². The standard InChI is InChI=1S/C12H13.2ClH.Zr/c1-2-10-8-5-9-12(10)11-6-3-4-7-11;;;/h3-4,6,9H,2,5,7H2,1H3;2*1H;/q;;;+2/p-2. The van der Waals surface area contributed by atoms with E-state index in [9.17, 15) is 0 Å². The summed E-state index contributed by atoms with van der Waals surface area (Å²) in [6, 6.07) is 0. The smallest absolute Gasteiger partial charge is 1.00 e. The molecule has 0 amide bonds. The molecule has 0 atom stereocenters. The first kappa shape index (κ1) is 15.4. The van der Waals surface area contributed by atoms with Crippen LogP contribution in [-0.2, 0) is 24.7 Å². The number of hydrogen-bond acceptors (Lipinski definition) is 0. The molecule has 0 aromatic heterocycles. The molecule has 0 aromatic carbocycles.